The summed E-state index contributed by atoms with van der Waals surface area (Å²) in [4.78, 5) is 58.6. The lowest BCUT2D eigenvalue weighted by Gasteiger charge is -2.24. The number of esters is 2. The van der Waals surface area contributed by atoms with Crippen LogP contribution in [-0.4, -0.2) is 57.2 Å². The second kappa shape index (κ2) is 31.5. The van der Waals surface area contributed by atoms with Crippen molar-refractivity contribution >= 4 is 29.9 Å². The summed E-state index contributed by atoms with van der Waals surface area (Å²) in [5.74, 6) is 1.31. The van der Waals surface area contributed by atoms with Gasteiger partial charge in [-0.1, -0.05) is 47.6 Å². The van der Waals surface area contributed by atoms with Crippen LogP contribution in [-0.2, 0) is 38.2 Å². The van der Waals surface area contributed by atoms with Crippen molar-refractivity contribution in [1.29, 1.82) is 10.5 Å². The molecule has 2 heterocycles. The number of piperidine rings is 2. The number of nitriles is 2. The molecule has 2 amide bonds. The third kappa shape index (κ3) is 29.0. The molecule has 42 heavy (non-hydrogen) atoms. The zero-order chi connectivity index (χ0) is 33.5. The van der Waals surface area contributed by atoms with Gasteiger partial charge in [-0.2, -0.15) is 20.1 Å². The number of rotatable bonds is 4. The molecule has 0 aliphatic carbocycles. The predicted molar refractivity (Wildman–Crippen MR) is 156 cm³/mol. The fraction of sp³-hybridized carbons (Fsp3) is 0.700. The first-order valence-electron chi connectivity index (χ1n) is 13.8. The van der Waals surface area contributed by atoms with Gasteiger partial charge in [0.1, 0.15) is 0 Å². The first kappa shape index (κ1) is 45.0. The molecule has 0 bridgehead atoms. The van der Waals surface area contributed by atoms with Crippen LogP contribution in [0.3, 0.4) is 0 Å². The van der Waals surface area contributed by atoms with Crippen LogP contribution < -0.4 is 10.6 Å². The van der Waals surface area contributed by atoms with Gasteiger partial charge in [-0.05, 0) is 37.5 Å². The summed E-state index contributed by atoms with van der Waals surface area (Å²) in [6.07, 6.45) is 7.24. The molecule has 2 unspecified atom stereocenters. The Labute approximate surface area is 251 Å². The molecule has 5 atom stereocenters. The standard InChI is InChI=1S/C8H13NO2.C7H13NO.C6H11NO.C4H5N.C4H8O2.CO2/c1-6(4-5-9)7(2)8(10)11-3;1-5-3-4-8-7(9)6(5)2;1-5-2-3-7-6(8)4-5;1-2-3-4-5;1-3-4(5)6-2;2-1-3/h6-7H,4H2,1-3H3;5-6H,3-4H2,1-2H3,(H,8,9);5H,2-4H2,1H3,(H,7,8);2-3H,1H3;3H2,1-2H3;/b;;;3-2+;;/t;5-,6+;5-;;;/m.00.../s1. The summed E-state index contributed by atoms with van der Waals surface area (Å²) in [6.45, 7) is 15.2. The molecule has 2 saturated heterocycles. The first-order valence-corrected chi connectivity index (χ1v) is 13.8. The van der Waals surface area contributed by atoms with E-state index in [0.717, 1.165) is 32.4 Å². The Kier molecular flexibility index (Phi) is 33.7. The predicted octanol–water partition coefficient (Wildman–Crippen LogP) is 3.73. The van der Waals surface area contributed by atoms with Gasteiger partial charge in [-0.15, -0.1) is 0 Å². The smallest absolute Gasteiger partial charge is 0.373 e. The second-order valence-electron chi connectivity index (χ2n) is 9.59. The van der Waals surface area contributed by atoms with Crippen LogP contribution >= 0.6 is 0 Å². The number of nitrogens with zero attached hydrogens (tertiary/aromatic N) is 2. The number of ether oxygens (including phenoxy) is 2. The highest BCUT2D eigenvalue weighted by Gasteiger charge is 2.23. The van der Waals surface area contributed by atoms with Crippen molar-refractivity contribution in [3.05, 3.63) is 12.2 Å². The van der Waals surface area contributed by atoms with Gasteiger partial charge < -0.3 is 20.1 Å². The van der Waals surface area contributed by atoms with E-state index in [1.54, 1.807) is 19.9 Å². The summed E-state index contributed by atoms with van der Waals surface area (Å²) in [6, 6.07) is 3.86. The van der Waals surface area contributed by atoms with E-state index in [1.165, 1.54) is 20.3 Å². The monoisotopic (exact) mass is 594 g/mol. The second-order valence-corrected chi connectivity index (χ2v) is 9.59. The Balaban J connectivity index is -0.000000214. The normalized spacial score (nSPS) is 19.5. The molecule has 2 fully saturated rings. The Morgan fingerprint density at radius 1 is 1.02 bits per heavy atom. The van der Waals surface area contributed by atoms with Crippen molar-refractivity contribution in [3.8, 4) is 12.1 Å². The number of amides is 2. The molecule has 2 N–H and O–H groups in total. The number of hydrogen-bond acceptors (Lipinski definition) is 10. The molecule has 2 aliphatic rings. The molecule has 0 spiro atoms. The van der Waals surface area contributed by atoms with Gasteiger partial charge in [0, 0.05) is 44.3 Å². The van der Waals surface area contributed by atoms with E-state index in [0.29, 0.717) is 24.7 Å². The van der Waals surface area contributed by atoms with Crippen molar-refractivity contribution < 1.29 is 38.2 Å². The highest BCUT2D eigenvalue weighted by molar-refractivity contribution is 5.79. The van der Waals surface area contributed by atoms with Crippen molar-refractivity contribution in [1.82, 2.24) is 10.6 Å². The fourth-order valence-corrected chi connectivity index (χ4v) is 3.00. The molecule has 0 aromatic carbocycles. The number of carbonyl (C=O) groups is 4. The van der Waals surface area contributed by atoms with Gasteiger partial charge in [0.25, 0.3) is 0 Å². The number of allylic oxidation sites excluding steroid dienone is 2. The van der Waals surface area contributed by atoms with Gasteiger partial charge in [0.15, 0.2) is 0 Å². The minimum Gasteiger partial charge on any atom is -0.469 e. The number of nitrogens with one attached hydrogen (secondary N) is 2. The largest absolute Gasteiger partial charge is 0.469 e. The average Bonchev–Trinajstić information content (AvgIpc) is 2.96. The van der Waals surface area contributed by atoms with Gasteiger partial charge in [0.05, 0.1) is 32.3 Å². The Hall–Kier alpha value is -4.02. The number of hydrogen-bond donors (Lipinski definition) is 2. The van der Waals surface area contributed by atoms with E-state index in [1.807, 2.05) is 32.9 Å². The van der Waals surface area contributed by atoms with Crippen LogP contribution in [0.1, 0.15) is 80.6 Å². The Morgan fingerprint density at radius 2 is 1.57 bits per heavy atom. The fourth-order valence-electron chi connectivity index (χ4n) is 3.00. The highest BCUT2D eigenvalue weighted by atomic mass is 16.5. The summed E-state index contributed by atoms with van der Waals surface area (Å²) >= 11 is 0. The van der Waals surface area contributed by atoms with Crippen LogP contribution in [0, 0.1) is 52.3 Å². The molecular formula is C30H50N4O8. The summed E-state index contributed by atoms with van der Waals surface area (Å²) in [5, 5.41) is 21.7. The van der Waals surface area contributed by atoms with E-state index >= 15 is 0 Å². The van der Waals surface area contributed by atoms with E-state index in [-0.39, 0.29) is 47.7 Å². The van der Waals surface area contributed by atoms with Crippen molar-refractivity contribution in [2.75, 3.05) is 27.3 Å². The van der Waals surface area contributed by atoms with Crippen molar-refractivity contribution in [2.24, 2.45) is 29.6 Å². The van der Waals surface area contributed by atoms with Crippen LogP contribution in [0.2, 0.25) is 0 Å². The lowest BCUT2D eigenvalue weighted by atomic mass is 9.89. The summed E-state index contributed by atoms with van der Waals surface area (Å²) < 4.78 is 8.79. The molecule has 12 nitrogen and oxygen atoms in total. The third-order valence-corrected chi connectivity index (χ3v) is 6.26. The minimum atomic E-state index is -0.243. The SMILES string of the molecule is C/C=C/C#N.CCC(=O)OC.COC(=O)C(C)C(C)CC#N.C[C@H]1CCNC(=O)C1.C[C@H]1CCNC(=O)[C@@H]1C.O=C=O. The lowest BCUT2D eigenvalue weighted by Crippen LogP contribution is -2.39. The Bertz CT molecular complexity index is 896. The lowest BCUT2D eigenvalue weighted by molar-refractivity contribution is -0.191. The maximum Gasteiger partial charge on any atom is 0.373 e. The van der Waals surface area contributed by atoms with E-state index < -0.39 is 0 Å². The zero-order valence-corrected chi connectivity index (χ0v) is 26.7. The third-order valence-electron chi connectivity index (χ3n) is 6.26. The van der Waals surface area contributed by atoms with Gasteiger partial charge >= 0.3 is 18.1 Å². The zero-order valence-electron chi connectivity index (χ0n) is 26.7. The van der Waals surface area contributed by atoms with E-state index in [2.05, 4.69) is 34.0 Å². The molecule has 0 aromatic heterocycles. The molecular weight excluding hydrogens is 544 g/mol. The molecule has 0 saturated carbocycles. The molecule has 0 aromatic rings. The summed E-state index contributed by atoms with van der Waals surface area (Å²) in [5.41, 5.74) is 0. The van der Waals surface area contributed by atoms with Gasteiger partial charge in [-0.3, -0.25) is 19.2 Å². The summed E-state index contributed by atoms with van der Waals surface area (Å²) in [7, 11) is 2.74. The maximum absolute atomic E-state index is 10.9. The maximum atomic E-state index is 10.9. The number of methoxy groups -OCH3 is 2. The molecule has 2 aliphatic heterocycles. The quantitative estimate of drug-likeness (QED) is 0.358. The van der Waals surface area contributed by atoms with E-state index in [4.69, 9.17) is 20.1 Å². The van der Waals surface area contributed by atoms with Crippen LogP contribution in [0.25, 0.3) is 0 Å². The molecule has 12 heteroatoms. The van der Waals surface area contributed by atoms with E-state index in [9.17, 15) is 19.2 Å². The molecule has 2 rings (SSSR count). The van der Waals surface area contributed by atoms with Gasteiger partial charge in [-0.25, -0.2) is 0 Å². The van der Waals surface area contributed by atoms with Gasteiger partial charge in [0.2, 0.25) is 11.8 Å². The highest BCUT2D eigenvalue weighted by Crippen LogP contribution is 2.17. The molecule has 0 radical (unpaired) electrons. The first-order chi connectivity index (χ1) is 19.8. The number of carbonyl (C=O) groups excluding carboxylic acids is 6. The average molecular weight is 595 g/mol. The Morgan fingerprint density at radius 3 is 1.83 bits per heavy atom. The van der Waals surface area contributed by atoms with Crippen LogP contribution in [0.15, 0.2) is 12.2 Å². The van der Waals surface area contributed by atoms with Crippen LogP contribution in [0.4, 0.5) is 0 Å². The molecule has 238 valence electrons. The van der Waals surface area contributed by atoms with Crippen molar-refractivity contribution in [3.63, 3.8) is 0 Å². The minimum absolute atomic E-state index is 0.0763. The van der Waals surface area contributed by atoms with Crippen LogP contribution in [0.5, 0.6) is 0 Å². The topological polar surface area (TPSA) is 193 Å². The van der Waals surface area contributed by atoms with Crippen molar-refractivity contribution in [2.45, 2.75) is 80.6 Å².